The lowest BCUT2D eigenvalue weighted by molar-refractivity contribution is -0.191. The fourth-order valence-corrected chi connectivity index (χ4v) is 2.64. The number of fused-ring (bicyclic) bond motifs is 1. The van der Waals surface area contributed by atoms with Gasteiger partial charge in [-0.1, -0.05) is 31.4 Å². The summed E-state index contributed by atoms with van der Waals surface area (Å²) in [7, 11) is 0. The van der Waals surface area contributed by atoms with Crippen LogP contribution in [0.1, 0.15) is 46.5 Å². The van der Waals surface area contributed by atoms with Gasteiger partial charge in [-0.15, -0.1) is 0 Å². The molecule has 1 aromatic carbocycles. The van der Waals surface area contributed by atoms with Crippen LogP contribution in [0.15, 0.2) is 24.5 Å². The van der Waals surface area contributed by atoms with Crippen molar-refractivity contribution in [1.82, 2.24) is 9.97 Å². The van der Waals surface area contributed by atoms with Gasteiger partial charge in [0, 0.05) is 32.7 Å². The van der Waals surface area contributed by atoms with E-state index in [4.69, 9.17) is 21.1 Å². The minimum atomic E-state index is -1.04. The van der Waals surface area contributed by atoms with Gasteiger partial charge in [0.05, 0.1) is 5.02 Å². The highest BCUT2D eigenvalue weighted by Gasteiger charge is 2.30. The molecule has 0 saturated heterocycles. The summed E-state index contributed by atoms with van der Waals surface area (Å²) in [6.07, 6.45) is 6.77. The molecule has 0 saturated carbocycles. The number of rotatable bonds is 7. The van der Waals surface area contributed by atoms with Crippen LogP contribution >= 0.6 is 11.6 Å². The van der Waals surface area contributed by atoms with Crippen molar-refractivity contribution in [2.24, 2.45) is 0 Å². The number of esters is 1. The van der Waals surface area contributed by atoms with Gasteiger partial charge in [-0.25, -0.2) is 4.98 Å². The fourth-order valence-electron chi connectivity index (χ4n) is 2.44. The van der Waals surface area contributed by atoms with E-state index in [2.05, 4.69) is 16.9 Å². The SMILES string of the molecule is CCCCCC(C)(OC(C)=O)Oc1ccc(Cl)c2nccnc12. The van der Waals surface area contributed by atoms with Crippen LogP contribution in [0.25, 0.3) is 11.0 Å². The van der Waals surface area contributed by atoms with Crippen molar-refractivity contribution < 1.29 is 14.3 Å². The van der Waals surface area contributed by atoms with Gasteiger partial charge in [0.2, 0.25) is 0 Å². The molecule has 0 bridgehead atoms. The molecule has 23 heavy (non-hydrogen) atoms. The van der Waals surface area contributed by atoms with Gasteiger partial charge in [-0.2, -0.15) is 0 Å². The van der Waals surface area contributed by atoms with E-state index < -0.39 is 5.79 Å². The quantitative estimate of drug-likeness (QED) is 0.422. The lowest BCUT2D eigenvalue weighted by Crippen LogP contribution is -2.37. The Morgan fingerprint density at radius 2 is 1.91 bits per heavy atom. The van der Waals surface area contributed by atoms with Crippen molar-refractivity contribution in [2.75, 3.05) is 0 Å². The van der Waals surface area contributed by atoms with Crippen molar-refractivity contribution in [3.8, 4) is 5.75 Å². The smallest absolute Gasteiger partial charge is 0.305 e. The van der Waals surface area contributed by atoms with E-state index in [0.717, 1.165) is 19.3 Å². The summed E-state index contributed by atoms with van der Waals surface area (Å²) in [5.74, 6) is -0.926. The predicted molar refractivity (Wildman–Crippen MR) is 89.5 cm³/mol. The van der Waals surface area contributed by atoms with Crippen molar-refractivity contribution in [3.05, 3.63) is 29.5 Å². The summed E-state index contributed by atoms with van der Waals surface area (Å²) in [5.41, 5.74) is 1.11. The van der Waals surface area contributed by atoms with E-state index >= 15 is 0 Å². The first-order chi connectivity index (χ1) is 10.9. The molecule has 124 valence electrons. The molecule has 0 aliphatic rings. The summed E-state index contributed by atoms with van der Waals surface area (Å²) >= 11 is 6.14. The molecule has 0 aliphatic carbocycles. The monoisotopic (exact) mass is 336 g/mol. The average molecular weight is 337 g/mol. The largest absolute Gasteiger partial charge is 0.450 e. The third-order valence-electron chi connectivity index (χ3n) is 3.46. The maximum absolute atomic E-state index is 11.4. The highest BCUT2D eigenvalue weighted by atomic mass is 35.5. The molecule has 0 amide bonds. The third-order valence-corrected chi connectivity index (χ3v) is 3.76. The fraction of sp³-hybridized carbons (Fsp3) is 0.471. The topological polar surface area (TPSA) is 61.3 Å². The van der Waals surface area contributed by atoms with Crippen molar-refractivity contribution in [3.63, 3.8) is 0 Å². The molecule has 2 aromatic rings. The molecular weight excluding hydrogens is 316 g/mol. The maximum Gasteiger partial charge on any atom is 0.305 e. The number of unbranched alkanes of at least 4 members (excludes halogenated alkanes) is 2. The van der Waals surface area contributed by atoms with Gasteiger partial charge in [0.25, 0.3) is 5.79 Å². The highest BCUT2D eigenvalue weighted by Crippen LogP contribution is 2.32. The molecule has 1 unspecified atom stereocenters. The molecule has 0 N–H and O–H groups in total. The summed E-state index contributed by atoms with van der Waals surface area (Å²) in [6.45, 7) is 5.26. The first kappa shape index (κ1) is 17.5. The Hall–Kier alpha value is -1.88. The Balaban J connectivity index is 2.32. The summed E-state index contributed by atoms with van der Waals surface area (Å²) in [5, 5.41) is 0.501. The minimum absolute atomic E-state index is 0.381. The maximum atomic E-state index is 11.4. The first-order valence-corrected chi connectivity index (χ1v) is 8.11. The zero-order valence-electron chi connectivity index (χ0n) is 13.6. The minimum Gasteiger partial charge on any atom is -0.450 e. The number of carbonyl (C=O) groups excluding carboxylic acids is 1. The Bertz CT molecular complexity index is 693. The number of benzene rings is 1. The molecule has 1 heterocycles. The molecule has 5 nitrogen and oxygen atoms in total. The van der Waals surface area contributed by atoms with Crippen LogP contribution in [-0.4, -0.2) is 21.7 Å². The number of halogens is 1. The number of hydrogen-bond acceptors (Lipinski definition) is 5. The molecule has 2 rings (SSSR count). The Morgan fingerprint density at radius 1 is 1.22 bits per heavy atom. The van der Waals surface area contributed by atoms with Crippen LogP contribution < -0.4 is 4.74 Å². The number of carbonyl (C=O) groups is 1. The summed E-state index contributed by atoms with van der Waals surface area (Å²) in [6, 6.07) is 3.43. The molecule has 6 heteroatoms. The molecular formula is C17H21ClN2O3. The molecule has 0 fully saturated rings. The van der Waals surface area contributed by atoms with Gasteiger partial charge < -0.3 is 9.47 Å². The number of ether oxygens (including phenoxy) is 2. The molecule has 0 spiro atoms. The van der Waals surface area contributed by atoms with Gasteiger partial charge >= 0.3 is 5.97 Å². The van der Waals surface area contributed by atoms with Crippen molar-refractivity contribution in [1.29, 1.82) is 0 Å². The van der Waals surface area contributed by atoms with E-state index in [1.807, 2.05) is 0 Å². The lowest BCUT2D eigenvalue weighted by Gasteiger charge is -2.30. The number of aromatic nitrogens is 2. The van der Waals surface area contributed by atoms with E-state index in [-0.39, 0.29) is 5.97 Å². The van der Waals surface area contributed by atoms with E-state index in [1.165, 1.54) is 6.92 Å². The van der Waals surface area contributed by atoms with E-state index in [9.17, 15) is 4.79 Å². The molecule has 1 atom stereocenters. The highest BCUT2D eigenvalue weighted by molar-refractivity contribution is 6.35. The van der Waals surface area contributed by atoms with Crippen LogP contribution in [0.5, 0.6) is 5.75 Å². The van der Waals surface area contributed by atoms with E-state index in [0.29, 0.717) is 28.2 Å². The second kappa shape index (κ2) is 7.59. The normalized spacial score (nSPS) is 13.6. The van der Waals surface area contributed by atoms with Gasteiger partial charge in [0.15, 0.2) is 5.75 Å². The van der Waals surface area contributed by atoms with Crippen LogP contribution in [0.4, 0.5) is 0 Å². The van der Waals surface area contributed by atoms with Crippen LogP contribution in [0.3, 0.4) is 0 Å². The van der Waals surface area contributed by atoms with Gasteiger partial charge in [0.1, 0.15) is 11.0 Å². The lowest BCUT2D eigenvalue weighted by atomic mass is 10.1. The van der Waals surface area contributed by atoms with Gasteiger partial charge in [-0.3, -0.25) is 9.78 Å². The van der Waals surface area contributed by atoms with Crippen molar-refractivity contribution in [2.45, 2.75) is 52.2 Å². The Labute approximate surface area is 141 Å². The Morgan fingerprint density at radius 3 is 2.57 bits per heavy atom. The van der Waals surface area contributed by atoms with Crippen LogP contribution in [-0.2, 0) is 9.53 Å². The predicted octanol–water partition coefficient (Wildman–Crippen LogP) is 4.52. The summed E-state index contributed by atoms with van der Waals surface area (Å²) < 4.78 is 11.4. The zero-order valence-corrected chi connectivity index (χ0v) is 14.4. The number of nitrogens with zero attached hydrogens (tertiary/aromatic N) is 2. The van der Waals surface area contributed by atoms with Crippen LogP contribution in [0.2, 0.25) is 5.02 Å². The second-order valence-corrected chi connectivity index (χ2v) is 5.99. The second-order valence-electron chi connectivity index (χ2n) is 5.59. The number of hydrogen-bond donors (Lipinski definition) is 0. The molecule has 0 radical (unpaired) electrons. The standard InChI is InChI=1S/C17H21ClN2O3/c1-4-5-6-9-17(3,22-12(2)21)23-14-8-7-13(18)15-16(14)20-11-10-19-15/h7-8,10-11H,4-6,9H2,1-3H3. The average Bonchev–Trinajstić information content (AvgIpc) is 2.50. The zero-order chi connectivity index (χ0) is 16.9. The molecule has 0 aliphatic heterocycles. The van der Waals surface area contributed by atoms with Crippen LogP contribution in [0, 0.1) is 0 Å². The van der Waals surface area contributed by atoms with Crippen molar-refractivity contribution >= 4 is 28.6 Å². The van der Waals surface area contributed by atoms with Gasteiger partial charge in [-0.05, 0) is 18.6 Å². The first-order valence-electron chi connectivity index (χ1n) is 7.73. The molecule has 1 aromatic heterocycles. The summed E-state index contributed by atoms with van der Waals surface area (Å²) in [4.78, 5) is 20.0. The Kier molecular flexibility index (Phi) is 5.77. The van der Waals surface area contributed by atoms with E-state index in [1.54, 1.807) is 31.5 Å². The third kappa shape index (κ3) is 4.55.